The lowest BCUT2D eigenvalue weighted by atomic mass is 9.89. The molecule has 0 aliphatic heterocycles. The van der Waals surface area contributed by atoms with Crippen molar-refractivity contribution in [2.45, 2.75) is 26.2 Å². The van der Waals surface area contributed by atoms with Crippen molar-refractivity contribution in [1.29, 1.82) is 0 Å². The summed E-state index contributed by atoms with van der Waals surface area (Å²) in [4.78, 5) is 8.16. The first-order valence-electron chi connectivity index (χ1n) is 5.50. The molecule has 2 heterocycles. The Balaban J connectivity index is 2.60. The van der Waals surface area contributed by atoms with Gasteiger partial charge in [0.15, 0.2) is 0 Å². The third-order valence-corrected chi connectivity index (χ3v) is 2.50. The first-order valence-corrected chi connectivity index (χ1v) is 5.50. The Morgan fingerprint density at radius 1 is 1.24 bits per heavy atom. The molecule has 0 radical (unpaired) electrons. The molecule has 2 aromatic rings. The van der Waals surface area contributed by atoms with Crippen LogP contribution in [0, 0.1) is 0 Å². The maximum absolute atomic E-state index is 5.68. The molecule has 0 saturated carbocycles. The van der Waals surface area contributed by atoms with Crippen LogP contribution in [-0.4, -0.2) is 19.7 Å². The van der Waals surface area contributed by atoms with Crippen molar-refractivity contribution in [2.24, 2.45) is 7.05 Å². The van der Waals surface area contributed by atoms with Crippen LogP contribution in [0.4, 0.5) is 5.82 Å². The zero-order valence-electron chi connectivity index (χ0n) is 10.6. The molecular formula is C12H17N5. The van der Waals surface area contributed by atoms with Gasteiger partial charge in [0, 0.05) is 30.3 Å². The van der Waals surface area contributed by atoms with Crippen LogP contribution < -0.4 is 5.73 Å². The highest BCUT2D eigenvalue weighted by molar-refractivity contribution is 5.64. The molecule has 90 valence electrons. The van der Waals surface area contributed by atoms with Gasteiger partial charge in [-0.05, 0) is 0 Å². The standard InChI is InChI=1S/C12H17N5/c1-12(2,3)11-8(6-17(4)16-11)9-5-10(13)15-7-14-9/h5-7H,1-4H3,(H2,13,14,15). The number of aromatic nitrogens is 4. The minimum atomic E-state index is -0.0314. The van der Waals surface area contributed by atoms with E-state index in [1.165, 1.54) is 6.33 Å². The van der Waals surface area contributed by atoms with Crippen LogP contribution >= 0.6 is 0 Å². The Hall–Kier alpha value is -1.91. The number of rotatable bonds is 1. The Morgan fingerprint density at radius 2 is 1.94 bits per heavy atom. The fourth-order valence-corrected chi connectivity index (χ4v) is 1.75. The van der Waals surface area contributed by atoms with Gasteiger partial charge in [0.2, 0.25) is 0 Å². The molecule has 5 nitrogen and oxygen atoms in total. The summed E-state index contributed by atoms with van der Waals surface area (Å²) in [7, 11) is 1.91. The molecule has 2 rings (SSSR count). The molecule has 2 aromatic heterocycles. The summed E-state index contributed by atoms with van der Waals surface area (Å²) in [6.07, 6.45) is 3.44. The summed E-state index contributed by atoms with van der Waals surface area (Å²) >= 11 is 0. The maximum Gasteiger partial charge on any atom is 0.127 e. The lowest BCUT2D eigenvalue weighted by molar-refractivity contribution is 0.554. The van der Waals surface area contributed by atoms with Gasteiger partial charge in [-0.25, -0.2) is 9.97 Å². The molecule has 0 aliphatic rings. The second kappa shape index (κ2) is 3.84. The number of aryl methyl sites for hydroxylation is 1. The number of hydrogen-bond donors (Lipinski definition) is 1. The summed E-state index contributed by atoms with van der Waals surface area (Å²) < 4.78 is 1.80. The molecule has 0 saturated heterocycles. The van der Waals surface area contributed by atoms with E-state index >= 15 is 0 Å². The molecule has 0 atom stereocenters. The number of anilines is 1. The summed E-state index contributed by atoms with van der Waals surface area (Å²) in [5.41, 5.74) is 8.49. The van der Waals surface area contributed by atoms with Crippen molar-refractivity contribution >= 4 is 5.82 Å². The molecular weight excluding hydrogens is 214 g/mol. The number of nitrogens with zero attached hydrogens (tertiary/aromatic N) is 4. The van der Waals surface area contributed by atoms with E-state index in [0.29, 0.717) is 5.82 Å². The van der Waals surface area contributed by atoms with E-state index in [9.17, 15) is 0 Å². The highest BCUT2D eigenvalue weighted by Crippen LogP contribution is 2.30. The fraction of sp³-hybridized carbons (Fsp3) is 0.417. The Labute approximate surface area is 101 Å². The first-order chi connectivity index (χ1) is 7.88. The Morgan fingerprint density at radius 3 is 2.53 bits per heavy atom. The van der Waals surface area contributed by atoms with Gasteiger partial charge in [0.25, 0.3) is 0 Å². The SMILES string of the molecule is Cn1cc(-c2cc(N)ncn2)c(C(C)(C)C)n1. The average Bonchev–Trinajstić information content (AvgIpc) is 2.60. The van der Waals surface area contributed by atoms with Crippen LogP contribution in [0.1, 0.15) is 26.5 Å². The van der Waals surface area contributed by atoms with Crippen LogP contribution in [0.2, 0.25) is 0 Å². The minimum Gasteiger partial charge on any atom is -0.384 e. The van der Waals surface area contributed by atoms with Crippen LogP contribution in [0.15, 0.2) is 18.6 Å². The predicted octanol–water partition coefficient (Wildman–Crippen LogP) is 1.76. The van der Waals surface area contributed by atoms with Crippen molar-refractivity contribution in [2.75, 3.05) is 5.73 Å². The summed E-state index contributed by atoms with van der Waals surface area (Å²) in [5, 5.41) is 4.50. The van der Waals surface area contributed by atoms with Crippen LogP contribution in [-0.2, 0) is 12.5 Å². The van der Waals surface area contributed by atoms with Gasteiger partial charge in [0.05, 0.1) is 11.4 Å². The lowest BCUT2D eigenvalue weighted by Crippen LogP contribution is -2.14. The second-order valence-corrected chi connectivity index (χ2v) is 5.14. The molecule has 17 heavy (non-hydrogen) atoms. The van der Waals surface area contributed by atoms with Gasteiger partial charge in [-0.3, -0.25) is 4.68 Å². The first kappa shape index (κ1) is 11.6. The van der Waals surface area contributed by atoms with Crippen molar-refractivity contribution < 1.29 is 0 Å². The molecule has 0 spiro atoms. The van der Waals surface area contributed by atoms with E-state index in [0.717, 1.165) is 17.0 Å². The quantitative estimate of drug-likeness (QED) is 0.811. The zero-order chi connectivity index (χ0) is 12.6. The Kier molecular flexibility index (Phi) is 2.61. The van der Waals surface area contributed by atoms with Crippen molar-refractivity contribution in [3.63, 3.8) is 0 Å². The summed E-state index contributed by atoms with van der Waals surface area (Å²) in [6.45, 7) is 6.39. The predicted molar refractivity (Wildman–Crippen MR) is 67.3 cm³/mol. The molecule has 0 aliphatic carbocycles. The second-order valence-electron chi connectivity index (χ2n) is 5.14. The lowest BCUT2D eigenvalue weighted by Gasteiger charge is -2.17. The molecule has 0 unspecified atom stereocenters. The van der Waals surface area contributed by atoms with Gasteiger partial charge < -0.3 is 5.73 Å². The number of hydrogen-bond acceptors (Lipinski definition) is 4. The Bertz CT molecular complexity index is 536. The number of nitrogens with two attached hydrogens (primary N) is 1. The monoisotopic (exact) mass is 231 g/mol. The molecule has 0 amide bonds. The molecule has 0 fully saturated rings. The molecule has 0 aromatic carbocycles. The van der Waals surface area contributed by atoms with Crippen molar-refractivity contribution in [3.05, 3.63) is 24.3 Å². The van der Waals surface area contributed by atoms with E-state index in [1.807, 2.05) is 13.2 Å². The van der Waals surface area contributed by atoms with E-state index in [1.54, 1.807) is 10.7 Å². The summed E-state index contributed by atoms with van der Waals surface area (Å²) in [5.74, 6) is 0.471. The van der Waals surface area contributed by atoms with E-state index < -0.39 is 0 Å². The highest BCUT2D eigenvalue weighted by Gasteiger charge is 2.23. The van der Waals surface area contributed by atoms with Gasteiger partial charge in [-0.1, -0.05) is 20.8 Å². The smallest absolute Gasteiger partial charge is 0.127 e. The third kappa shape index (κ3) is 2.27. The van der Waals surface area contributed by atoms with E-state index in [-0.39, 0.29) is 5.41 Å². The third-order valence-electron chi connectivity index (χ3n) is 2.50. The maximum atomic E-state index is 5.68. The van der Waals surface area contributed by atoms with Crippen LogP contribution in [0.5, 0.6) is 0 Å². The zero-order valence-corrected chi connectivity index (χ0v) is 10.6. The topological polar surface area (TPSA) is 69.6 Å². The normalized spacial score (nSPS) is 11.8. The van der Waals surface area contributed by atoms with Crippen molar-refractivity contribution in [1.82, 2.24) is 19.7 Å². The molecule has 2 N–H and O–H groups in total. The van der Waals surface area contributed by atoms with E-state index in [4.69, 9.17) is 5.73 Å². The average molecular weight is 231 g/mol. The van der Waals surface area contributed by atoms with Gasteiger partial charge in [0.1, 0.15) is 12.1 Å². The minimum absolute atomic E-state index is 0.0314. The number of nitrogen functional groups attached to an aromatic ring is 1. The van der Waals surface area contributed by atoms with Gasteiger partial charge in [-0.2, -0.15) is 5.10 Å². The van der Waals surface area contributed by atoms with Crippen molar-refractivity contribution in [3.8, 4) is 11.3 Å². The van der Waals surface area contributed by atoms with Gasteiger partial charge >= 0.3 is 0 Å². The van der Waals surface area contributed by atoms with E-state index in [2.05, 4.69) is 35.8 Å². The highest BCUT2D eigenvalue weighted by atomic mass is 15.3. The summed E-state index contributed by atoms with van der Waals surface area (Å²) in [6, 6.07) is 1.77. The molecule has 5 heteroatoms. The van der Waals surface area contributed by atoms with Crippen LogP contribution in [0.25, 0.3) is 11.3 Å². The van der Waals surface area contributed by atoms with Gasteiger partial charge in [-0.15, -0.1) is 0 Å². The largest absolute Gasteiger partial charge is 0.384 e. The molecule has 0 bridgehead atoms. The fourth-order valence-electron chi connectivity index (χ4n) is 1.75. The van der Waals surface area contributed by atoms with Crippen LogP contribution in [0.3, 0.4) is 0 Å².